The van der Waals surface area contributed by atoms with Gasteiger partial charge in [0.15, 0.2) is 0 Å². The highest BCUT2D eigenvalue weighted by Crippen LogP contribution is 2.35. The van der Waals surface area contributed by atoms with Crippen molar-refractivity contribution in [3.05, 3.63) is 18.2 Å². The topological polar surface area (TPSA) is 97.0 Å². The van der Waals surface area contributed by atoms with Crippen LogP contribution < -0.4 is 20.1 Å². The Balaban J connectivity index is 1.51. The Hall–Kier alpha value is -2.77. The third-order valence-electron chi connectivity index (χ3n) is 5.12. The summed E-state index contributed by atoms with van der Waals surface area (Å²) in [6.45, 7) is 0.237. The highest BCUT2D eigenvalue weighted by atomic mass is 16.5. The molecule has 1 saturated carbocycles. The molecule has 1 aliphatic heterocycles. The third-order valence-corrected chi connectivity index (χ3v) is 5.12. The van der Waals surface area contributed by atoms with Crippen molar-refractivity contribution in [2.45, 2.75) is 44.1 Å². The van der Waals surface area contributed by atoms with Gasteiger partial charge < -0.3 is 20.1 Å². The second-order valence-corrected chi connectivity index (χ2v) is 6.93. The number of methoxy groups -OCH3 is 2. The number of amides is 4. The first-order valence-electron chi connectivity index (χ1n) is 9.14. The molecule has 1 spiro atoms. The monoisotopic (exact) mass is 375 g/mol. The number of nitrogens with zero attached hydrogens (tertiary/aromatic N) is 1. The molecule has 2 aliphatic rings. The molecule has 8 heteroatoms. The van der Waals surface area contributed by atoms with Crippen molar-refractivity contribution in [3.8, 4) is 11.5 Å². The minimum Gasteiger partial charge on any atom is -0.497 e. The van der Waals surface area contributed by atoms with E-state index in [0.29, 0.717) is 36.4 Å². The first-order chi connectivity index (χ1) is 13.0. The molecular formula is C19H25N3O5. The van der Waals surface area contributed by atoms with Gasteiger partial charge in [0.1, 0.15) is 17.0 Å². The number of anilines is 1. The second-order valence-electron chi connectivity index (χ2n) is 6.93. The Kier molecular flexibility index (Phi) is 5.53. The van der Waals surface area contributed by atoms with Crippen LogP contribution in [0.25, 0.3) is 0 Å². The fraction of sp³-hybridized carbons (Fsp3) is 0.526. The van der Waals surface area contributed by atoms with Gasteiger partial charge in [-0.2, -0.15) is 0 Å². The molecule has 0 bridgehead atoms. The first kappa shape index (κ1) is 19.0. The maximum Gasteiger partial charge on any atom is 0.325 e. The van der Waals surface area contributed by atoms with Crippen LogP contribution in [-0.4, -0.2) is 49.0 Å². The van der Waals surface area contributed by atoms with Gasteiger partial charge >= 0.3 is 6.03 Å². The lowest BCUT2D eigenvalue weighted by molar-refractivity contribution is -0.131. The van der Waals surface area contributed by atoms with E-state index in [-0.39, 0.29) is 30.8 Å². The lowest BCUT2D eigenvalue weighted by Crippen LogP contribution is -2.44. The zero-order valence-electron chi connectivity index (χ0n) is 15.7. The van der Waals surface area contributed by atoms with E-state index in [4.69, 9.17) is 9.47 Å². The highest BCUT2D eigenvalue weighted by molar-refractivity contribution is 6.07. The van der Waals surface area contributed by atoms with E-state index in [1.165, 1.54) is 19.1 Å². The first-order valence-corrected chi connectivity index (χ1v) is 9.14. The summed E-state index contributed by atoms with van der Waals surface area (Å²) in [4.78, 5) is 38.1. The van der Waals surface area contributed by atoms with Gasteiger partial charge in [-0.05, 0) is 19.3 Å². The van der Waals surface area contributed by atoms with Crippen LogP contribution in [0.5, 0.6) is 11.5 Å². The molecule has 1 aromatic rings. The SMILES string of the molecule is COc1cc(NC(=O)CCCN2C(=O)NC3(CCCC3)C2=O)cc(OC)c1. The van der Waals surface area contributed by atoms with Crippen LogP contribution in [0.1, 0.15) is 38.5 Å². The van der Waals surface area contributed by atoms with Gasteiger partial charge in [0.2, 0.25) is 5.91 Å². The maximum absolute atomic E-state index is 12.6. The number of ether oxygens (including phenoxy) is 2. The average molecular weight is 375 g/mol. The van der Waals surface area contributed by atoms with Gasteiger partial charge in [-0.25, -0.2) is 4.79 Å². The van der Waals surface area contributed by atoms with E-state index in [2.05, 4.69) is 10.6 Å². The molecule has 0 aromatic heterocycles. The molecule has 1 saturated heterocycles. The predicted octanol–water partition coefficient (Wildman–Crippen LogP) is 2.29. The predicted molar refractivity (Wildman–Crippen MR) is 98.9 cm³/mol. The standard InChI is InChI=1S/C19H25N3O5/c1-26-14-10-13(11-15(12-14)27-2)20-16(23)6-5-9-22-17(24)19(21-18(22)25)7-3-4-8-19/h10-12H,3-9H2,1-2H3,(H,20,23)(H,21,25). The summed E-state index contributed by atoms with van der Waals surface area (Å²) in [5, 5.41) is 5.63. The maximum atomic E-state index is 12.6. The van der Waals surface area contributed by atoms with E-state index < -0.39 is 5.54 Å². The fourth-order valence-electron chi connectivity index (χ4n) is 3.70. The lowest BCUT2D eigenvalue weighted by Gasteiger charge is -2.19. The summed E-state index contributed by atoms with van der Waals surface area (Å²) < 4.78 is 10.4. The van der Waals surface area contributed by atoms with Crippen LogP contribution >= 0.6 is 0 Å². The number of benzene rings is 1. The Morgan fingerprint density at radius 2 is 1.78 bits per heavy atom. The number of rotatable bonds is 7. The summed E-state index contributed by atoms with van der Waals surface area (Å²) >= 11 is 0. The average Bonchev–Trinajstić information content (AvgIpc) is 3.21. The Labute approximate surface area is 158 Å². The van der Waals surface area contributed by atoms with Gasteiger partial charge in [-0.3, -0.25) is 14.5 Å². The van der Waals surface area contributed by atoms with Crippen molar-refractivity contribution >= 4 is 23.5 Å². The van der Waals surface area contributed by atoms with Crippen LogP contribution in [0.2, 0.25) is 0 Å². The zero-order chi connectivity index (χ0) is 19.4. The molecular weight excluding hydrogens is 350 g/mol. The van der Waals surface area contributed by atoms with Crippen LogP contribution in [0, 0.1) is 0 Å². The minimum absolute atomic E-state index is 0.150. The summed E-state index contributed by atoms with van der Waals surface area (Å²) in [6, 6.07) is 4.76. The molecule has 27 heavy (non-hydrogen) atoms. The molecule has 4 amide bonds. The van der Waals surface area contributed by atoms with Gasteiger partial charge in [-0.1, -0.05) is 12.8 Å². The molecule has 146 valence electrons. The summed E-state index contributed by atoms with van der Waals surface area (Å²) in [6.07, 6.45) is 3.91. The molecule has 8 nitrogen and oxygen atoms in total. The van der Waals surface area contributed by atoms with E-state index >= 15 is 0 Å². The fourth-order valence-corrected chi connectivity index (χ4v) is 3.70. The number of urea groups is 1. The highest BCUT2D eigenvalue weighted by Gasteiger charge is 2.51. The molecule has 0 radical (unpaired) electrons. The number of hydrogen-bond donors (Lipinski definition) is 2. The smallest absolute Gasteiger partial charge is 0.325 e. The normalized spacial score (nSPS) is 17.9. The zero-order valence-corrected chi connectivity index (χ0v) is 15.7. The Morgan fingerprint density at radius 3 is 2.37 bits per heavy atom. The molecule has 0 unspecified atom stereocenters. The van der Waals surface area contributed by atoms with Crippen LogP contribution in [0.4, 0.5) is 10.5 Å². The van der Waals surface area contributed by atoms with Crippen molar-refractivity contribution in [1.82, 2.24) is 10.2 Å². The van der Waals surface area contributed by atoms with Crippen LogP contribution in [-0.2, 0) is 9.59 Å². The van der Waals surface area contributed by atoms with Crippen molar-refractivity contribution in [1.29, 1.82) is 0 Å². The van der Waals surface area contributed by atoms with Crippen molar-refractivity contribution in [3.63, 3.8) is 0 Å². The molecule has 1 heterocycles. The van der Waals surface area contributed by atoms with Gasteiger partial charge in [-0.15, -0.1) is 0 Å². The Morgan fingerprint density at radius 1 is 1.15 bits per heavy atom. The van der Waals surface area contributed by atoms with Crippen LogP contribution in [0.15, 0.2) is 18.2 Å². The molecule has 1 aromatic carbocycles. The number of carbonyl (C=O) groups excluding carboxylic acids is 3. The molecule has 0 atom stereocenters. The molecule has 2 fully saturated rings. The van der Waals surface area contributed by atoms with Gasteiger partial charge in [0.05, 0.1) is 14.2 Å². The van der Waals surface area contributed by atoms with Gasteiger partial charge in [0.25, 0.3) is 5.91 Å². The largest absolute Gasteiger partial charge is 0.497 e. The van der Waals surface area contributed by atoms with Crippen molar-refractivity contribution < 1.29 is 23.9 Å². The summed E-state index contributed by atoms with van der Waals surface area (Å²) in [5.74, 6) is 0.799. The quantitative estimate of drug-likeness (QED) is 0.713. The van der Waals surface area contributed by atoms with Crippen molar-refractivity contribution in [2.24, 2.45) is 0 Å². The third kappa shape index (κ3) is 3.99. The molecule has 2 N–H and O–H groups in total. The van der Waals surface area contributed by atoms with Gasteiger partial charge in [0, 0.05) is 36.9 Å². The number of nitrogens with one attached hydrogen (secondary N) is 2. The van der Waals surface area contributed by atoms with E-state index in [9.17, 15) is 14.4 Å². The van der Waals surface area contributed by atoms with Crippen LogP contribution in [0.3, 0.4) is 0 Å². The number of imide groups is 1. The van der Waals surface area contributed by atoms with Crippen molar-refractivity contribution in [2.75, 3.05) is 26.1 Å². The van der Waals surface area contributed by atoms with E-state index in [1.807, 2.05) is 0 Å². The summed E-state index contributed by atoms with van der Waals surface area (Å²) in [5.41, 5.74) is -0.132. The minimum atomic E-state index is -0.698. The number of hydrogen-bond acceptors (Lipinski definition) is 5. The molecule has 1 aliphatic carbocycles. The number of carbonyl (C=O) groups is 3. The second kappa shape index (κ2) is 7.85. The Bertz CT molecular complexity index is 721. The van der Waals surface area contributed by atoms with E-state index in [1.54, 1.807) is 18.2 Å². The summed E-state index contributed by atoms with van der Waals surface area (Å²) in [7, 11) is 3.07. The van der Waals surface area contributed by atoms with E-state index in [0.717, 1.165) is 12.8 Å². The molecule has 3 rings (SSSR count). The lowest BCUT2D eigenvalue weighted by atomic mass is 9.98.